The maximum Gasteiger partial charge on any atom is 0.371 e. The Kier molecular flexibility index (Phi) is 4.58. The van der Waals surface area contributed by atoms with Gasteiger partial charge in [-0.3, -0.25) is 0 Å². The lowest BCUT2D eigenvalue weighted by molar-refractivity contribution is -0.160. The molecule has 0 spiro atoms. The number of alkyl halides is 1. The van der Waals surface area contributed by atoms with Crippen LogP contribution >= 0.6 is 0 Å². The number of carbonyl (C=O) groups excluding carboxylic acids is 1. The lowest BCUT2D eigenvalue weighted by Crippen LogP contribution is -2.37. The molecule has 0 heterocycles. The van der Waals surface area contributed by atoms with Crippen molar-refractivity contribution in [2.75, 3.05) is 0 Å². The third-order valence-electron chi connectivity index (χ3n) is 4.24. The minimum absolute atomic E-state index is 0.281. The SMILES string of the molecule is CC1CC(=NOC(=O)C2(F)CCCCC2)CC(C)C1. The van der Waals surface area contributed by atoms with Crippen molar-refractivity contribution >= 4 is 11.7 Å². The second-order valence-electron chi connectivity index (χ2n) is 6.42. The molecule has 0 saturated heterocycles. The van der Waals surface area contributed by atoms with E-state index in [0.29, 0.717) is 11.8 Å². The third-order valence-corrected chi connectivity index (χ3v) is 4.24. The van der Waals surface area contributed by atoms with Crippen LogP contribution in [0.4, 0.5) is 4.39 Å². The molecule has 0 amide bonds. The van der Waals surface area contributed by atoms with Crippen LogP contribution in [0.5, 0.6) is 0 Å². The fraction of sp³-hybridized carbons (Fsp3) is 0.867. The molecule has 2 aliphatic rings. The lowest BCUT2D eigenvalue weighted by Gasteiger charge is -2.27. The lowest BCUT2D eigenvalue weighted by atomic mass is 9.82. The predicted molar refractivity (Wildman–Crippen MR) is 72.6 cm³/mol. The van der Waals surface area contributed by atoms with E-state index in [9.17, 15) is 9.18 Å². The average molecular weight is 269 g/mol. The van der Waals surface area contributed by atoms with Crippen LogP contribution in [0.3, 0.4) is 0 Å². The standard InChI is InChI=1S/C15H24FNO2/c1-11-8-12(2)10-13(9-11)17-19-14(18)15(16)6-4-3-5-7-15/h11-12H,3-10H2,1-2H3. The van der Waals surface area contributed by atoms with Crippen molar-refractivity contribution in [1.29, 1.82) is 0 Å². The van der Waals surface area contributed by atoms with E-state index in [4.69, 9.17) is 4.84 Å². The molecule has 0 N–H and O–H groups in total. The summed E-state index contributed by atoms with van der Waals surface area (Å²) in [4.78, 5) is 16.7. The van der Waals surface area contributed by atoms with E-state index in [1.54, 1.807) is 0 Å². The highest BCUT2D eigenvalue weighted by molar-refractivity contribution is 5.86. The summed E-state index contributed by atoms with van der Waals surface area (Å²) in [7, 11) is 0. The van der Waals surface area contributed by atoms with Crippen LogP contribution in [0.15, 0.2) is 5.16 Å². The highest BCUT2D eigenvalue weighted by Gasteiger charge is 2.42. The van der Waals surface area contributed by atoms with Crippen LogP contribution in [0, 0.1) is 11.8 Å². The Bertz CT molecular complexity index is 349. The Morgan fingerprint density at radius 2 is 1.79 bits per heavy atom. The molecule has 19 heavy (non-hydrogen) atoms. The number of halogens is 1. The molecule has 0 aliphatic heterocycles. The number of hydrogen-bond donors (Lipinski definition) is 0. The zero-order valence-corrected chi connectivity index (χ0v) is 12.0. The summed E-state index contributed by atoms with van der Waals surface area (Å²) in [6.07, 6.45) is 5.98. The second-order valence-corrected chi connectivity index (χ2v) is 6.42. The monoisotopic (exact) mass is 269 g/mol. The van der Waals surface area contributed by atoms with Crippen LogP contribution < -0.4 is 0 Å². The van der Waals surface area contributed by atoms with Crippen molar-refractivity contribution in [2.45, 2.75) is 70.9 Å². The topological polar surface area (TPSA) is 38.7 Å². The minimum atomic E-state index is -1.80. The molecule has 108 valence electrons. The fourth-order valence-electron chi connectivity index (χ4n) is 3.32. The average Bonchev–Trinajstić information content (AvgIpc) is 2.35. The summed E-state index contributed by atoms with van der Waals surface area (Å²) in [5, 5.41) is 3.93. The number of rotatable bonds is 2. The highest BCUT2D eigenvalue weighted by atomic mass is 19.1. The van der Waals surface area contributed by atoms with E-state index in [2.05, 4.69) is 19.0 Å². The number of carbonyl (C=O) groups is 1. The van der Waals surface area contributed by atoms with E-state index in [-0.39, 0.29) is 12.8 Å². The van der Waals surface area contributed by atoms with E-state index < -0.39 is 11.6 Å². The van der Waals surface area contributed by atoms with Gasteiger partial charge in [-0.05, 0) is 56.8 Å². The zero-order valence-electron chi connectivity index (χ0n) is 12.0. The van der Waals surface area contributed by atoms with Crippen molar-refractivity contribution in [1.82, 2.24) is 0 Å². The van der Waals surface area contributed by atoms with Crippen molar-refractivity contribution in [3.8, 4) is 0 Å². The molecule has 0 aromatic carbocycles. The van der Waals surface area contributed by atoms with Gasteiger partial charge in [0, 0.05) is 0 Å². The molecular weight excluding hydrogens is 245 g/mol. The van der Waals surface area contributed by atoms with Gasteiger partial charge in [-0.15, -0.1) is 0 Å². The molecule has 2 rings (SSSR count). The van der Waals surface area contributed by atoms with Crippen LogP contribution in [-0.4, -0.2) is 17.3 Å². The molecule has 2 fully saturated rings. The van der Waals surface area contributed by atoms with E-state index >= 15 is 0 Å². The largest absolute Gasteiger partial charge is 0.371 e. The van der Waals surface area contributed by atoms with Gasteiger partial charge in [-0.25, -0.2) is 9.18 Å². The quantitative estimate of drug-likeness (QED) is 0.561. The molecular formula is C15H24FNO2. The van der Waals surface area contributed by atoms with Gasteiger partial charge in [0.1, 0.15) is 0 Å². The van der Waals surface area contributed by atoms with Crippen molar-refractivity contribution in [3.63, 3.8) is 0 Å². The van der Waals surface area contributed by atoms with E-state index in [0.717, 1.165) is 37.8 Å². The summed E-state index contributed by atoms with van der Waals surface area (Å²) in [6.45, 7) is 4.34. The summed E-state index contributed by atoms with van der Waals surface area (Å²) >= 11 is 0. The van der Waals surface area contributed by atoms with Crippen LogP contribution in [-0.2, 0) is 9.63 Å². The molecule has 4 heteroatoms. The molecule has 0 radical (unpaired) electrons. The summed E-state index contributed by atoms with van der Waals surface area (Å²) in [5.41, 5.74) is -0.896. The first kappa shape index (κ1) is 14.5. The molecule has 2 saturated carbocycles. The first-order valence-electron chi connectivity index (χ1n) is 7.46. The highest BCUT2D eigenvalue weighted by Crippen LogP contribution is 2.33. The first-order valence-corrected chi connectivity index (χ1v) is 7.46. The van der Waals surface area contributed by atoms with Crippen LogP contribution in [0.1, 0.15) is 65.2 Å². The normalized spacial score (nSPS) is 30.8. The van der Waals surface area contributed by atoms with E-state index in [1.165, 1.54) is 6.42 Å². The van der Waals surface area contributed by atoms with Gasteiger partial charge in [0.25, 0.3) is 0 Å². The van der Waals surface area contributed by atoms with Gasteiger partial charge >= 0.3 is 5.97 Å². The molecule has 2 unspecified atom stereocenters. The summed E-state index contributed by atoms with van der Waals surface area (Å²) < 4.78 is 14.3. The van der Waals surface area contributed by atoms with Gasteiger partial charge in [0.2, 0.25) is 5.67 Å². The van der Waals surface area contributed by atoms with Crippen molar-refractivity contribution in [3.05, 3.63) is 0 Å². The maximum atomic E-state index is 14.3. The Balaban J connectivity index is 1.91. The van der Waals surface area contributed by atoms with Crippen molar-refractivity contribution in [2.24, 2.45) is 17.0 Å². The van der Waals surface area contributed by atoms with Gasteiger partial charge < -0.3 is 4.84 Å². The molecule has 0 aromatic rings. The van der Waals surface area contributed by atoms with Crippen LogP contribution in [0.25, 0.3) is 0 Å². The van der Waals surface area contributed by atoms with Crippen LogP contribution in [0.2, 0.25) is 0 Å². The number of oxime groups is 1. The second kappa shape index (κ2) is 6.02. The predicted octanol–water partition coefficient (Wildman–Crippen LogP) is 4.01. The molecule has 3 nitrogen and oxygen atoms in total. The van der Waals surface area contributed by atoms with Crippen molar-refractivity contribution < 1.29 is 14.0 Å². The van der Waals surface area contributed by atoms with Gasteiger partial charge in [0.05, 0.1) is 5.71 Å². The number of hydrogen-bond acceptors (Lipinski definition) is 3. The Morgan fingerprint density at radius 3 is 2.37 bits per heavy atom. The van der Waals surface area contributed by atoms with Gasteiger partial charge in [-0.1, -0.05) is 25.4 Å². The molecule has 0 aromatic heterocycles. The molecule has 2 aliphatic carbocycles. The Labute approximate surface area is 114 Å². The summed E-state index contributed by atoms with van der Waals surface area (Å²) in [6, 6.07) is 0. The van der Waals surface area contributed by atoms with E-state index in [1.807, 2.05) is 0 Å². The van der Waals surface area contributed by atoms with Gasteiger partial charge in [0.15, 0.2) is 0 Å². The zero-order chi connectivity index (χ0) is 13.9. The first-order chi connectivity index (χ1) is 8.99. The minimum Gasteiger partial charge on any atom is -0.315 e. The third kappa shape index (κ3) is 3.77. The summed E-state index contributed by atoms with van der Waals surface area (Å²) in [5.74, 6) is 0.344. The van der Waals surface area contributed by atoms with Gasteiger partial charge in [-0.2, -0.15) is 0 Å². The smallest absolute Gasteiger partial charge is 0.315 e. The molecule has 0 bridgehead atoms. The maximum absolute atomic E-state index is 14.3. The molecule has 2 atom stereocenters. The Hall–Kier alpha value is -0.930. The Morgan fingerprint density at radius 1 is 1.21 bits per heavy atom. The fourth-order valence-corrected chi connectivity index (χ4v) is 3.32. The number of nitrogens with zero attached hydrogens (tertiary/aromatic N) is 1.